The number of methoxy groups -OCH3 is 1. The Balaban J connectivity index is 3.13. The summed E-state index contributed by atoms with van der Waals surface area (Å²) in [4.78, 5) is 11.4. The highest BCUT2D eigenvalue weighted by Crippen LogP contribution is 2.41. The first-order chi connectivity index (χ1) is 8.57. The normalized spacial score (nSPS) is 12.6. The number of halogens is 6. The fourth-order valence-corrected chi connectivity index (χ4v) is 1.40. The summed E-state index contributed by atoms with van der Waals surface area (Å²) < 4.78 is 78.7. The van der Waals surface area contributed by atoms with E-state index in [-0.39, 0.29) is 5.75 Å². The monoisotopic (exact) mass is 286 g/mol. The van der Waals surface area contributed by atoms with Crippen molar-refractivity contribution in [1.82, 2.24) is 0 Å². The molecule has 0 radical (unpaired) electrons. The molecule has 19 heavy (non-hydrogen) atoms. The number of rotatable bonds is 3. The van der Waals surface area contributed by atoms with Crippen molar-refractivity contribution in [3.8, 4) is 5.75 Å². The van der Waals surface area contributed by atoms with E-state index < -0.39 is 29.6 Å². The zero-order valence-corrected chi connectivity index (χ0v) is 9.47. The van der Waals surface area contributed by atoms with Gasteiger partial charge in [-0.15, -0.1) is 0 Å². The van der Waals surface area contributed by atoms with E-state index in [0.29, 0.717) is 0 Å². The largest absolute Gasteiger partial charge is 0.497 e. The average Bonchev–Trinajstić information content (AvgIpc) is 2.25. The van der Waals surface area contributed by atoms with Crippen LogP contribution >= 0.6 is 0 Å². The van der Waals surface area contributed by atoms with Gasteiger partial charge in [-0.05, 0) is 24.3 Å². The number of ether oxygens (including phenoxy) is 1. The van der Waals surface area contributed by atoms with E-state index in [0.717, 1.165) is 24.3 Å². The first kappa shape index (κ1) is 15.3. The number of alkyl halides is 6. The number of hydrogen-bond acceptors (Lipinski definition) is 2. The Bertz CT molecular complexity index is 432. The van der Waals surface area contributed by atoms with Gasteiger partial charge in [0.05, 0.1) is 7.11 Å². The molecule has 0 fully saturated rings. The molecule has 0 spiro atoms. The lowest BCUT2D eigenvalue weighted by Gasteiger charge is -2.21. The van der Waals surface area contributed by atoms with Crippen LogP contribution in [-0.2, 0) is 0 Å². The first-order valence-electron chi connectivity index (χ1n) is 4.89. The van der Waals surface area contributed by atoms with Crippen LogP contribution in [0.25, 0.3) is 0 Å². The van der Waals surface area contributed by atoms with Crippen LogP contribution in [0.4, 0.5) is 26.3 Å². The standard InChI is InChI=1S/C11H8F6O2/c1-19-7-4-2-6(3-5-7)8(18)9(10(12,13)14)11(15,16)17/h2-5,9H,1H3. The van der Waals surface area contributed by atoms with Crippen molar-refractivity contribution >= 4 is 5.78 Å². The Morgan fingerprint density at radius 2 is 1.42 bits per heavy atom. The molecule has 1 rings (SSSR count). The summed E-state index contributed by atoms with van der Waals surface area (Å²) in [7, 11) is 1.27. The van der Waals surface area contributed by atoms with Gasteiger partial charge in [0.25, 0.3) is 0 Å². The lowest BCUT2D eigenvalue weighted by molar-refractivity contribution is -0.264. The second kappa shape index (κ2) is 5.10. The van der Waals surface area contributed by atoms with Crippen molar-refractivity contribution in [2.45, 2.75) is 12.4 Å². The molecule has 0 saturated heterocycles. The molecule has 0 aliphatic carbocycles. The third kappa shape index (κ3) is 3.62. The SMILES string of the molecule is COc1ccc(C(=O)C(C(F)(F)F)C(F)(F)F)cc1. The number of carbonyl (C=O) groups excluding carboxylic acids is 1. The summed E-state index contributed by atoms with van der Waals surface area (Å²) in [5.74, 6) is -5.84. The lowest BCUT2D eigenvalue weighted by Crippen LogP contribution is -2.42. The van der Waals surface area contributed by atoms with Gasteiger partial charge in [-0.25, -0.2) is 0 Å². The van der Waals surface area contributed by atoms with Gasteiger partial charge in [-0.2, -0.15) is 26.3 Å². The lowest BCUT2D eigenvalue weighted by atomic mass is 9.96. The van der Waals surface area contributed by atoms with Crippen LogP contribution in [0.1, 0.15) is 10.4 Å². The molecule has 0 N–H and O–H groups in total. The van der Waals surface area contributed by atoms with E-state index >= 15 is 0 Å². The van der Waals surface area contributed by atoms with Crippen molar-refractivity contribution in [3.05, 3.63) is 29.8 Å². The summed E-state index contributed by atoms with van der Waals surface area (Å²) in [5.41, 5.74) is -0.680. The summed E-state index contributed by atoms with van der Waals surface area (Å²) in [6.45, 7) is 0. The summed E-state index contributed by atoms with van der Waals surface area (Å²) in [6, 6.07) is 3.92. The molecule has 0 unspecified atom stereocenters. The van der Waals surface area contributed by atoms with Crippen molar-refractivity contribution in [2.75, 3.05) is 7.11 Å². The van der Waals surface area contributed by atoms with Crippen LogP contribution in [0, 0.1) is 5.92 Å². The third-order valence-corrected chi connectivity index (χ3v) is 2.29. The Morgan fingerprint density at radius 3 is 1.74 bits per heavy atom. The predicted octanol–water partition coefficient (Wildman–Crippen LogP) is 3.62. The number of hydrogen-bond donors (Lipinski definition) is 0. The molecule has 0 aliphatic heterocycles. The van der Waals surface area contributed by atoms with Gasteiger partial charge >= 0.3 is 12.4 Å². The topological polar surface area (TPSA) is 26.3 Å². The van der Waals surface area contributed by atoms with Crippen molar-refractivity contribution < 1.29 is 35.9 Å². The van der Waals surface area contributed by atoms with Crippen LogP contribution in [0.3, 0.4) is 0 Å². The van der Waals surface area contributed by atoms with Crippen LogP contribution in [-0.4, -0.2) is 25.2 Å². The van der Waals surface area contributed by atoms with E-state index in [2.05, 4.69) is 4.74 Å². The minimum atomic E-state index is -5.69. The molecule has 1 aromatic carbocycles. The molecular weight excluding hydrogens is 278 g/mol. The van der Waals surface area contributed by atoms with Crippen LogP contribution in [0.2, 0.25) is 0 Å². The molecule has 0 heterocycles. The molecular formula is C11H8F6O2. The Hall–Kier alpha value is -1.73. The van der Waals surface area contributed by atoms with Gasteiger partial charge in [-0.3, -0.25) is 4.79 Å². The average molecular weight is 286 g/mol. The van der Waals surface area contributed by atoms with Crippen LogP contribution in [0.15, 0.2) is 24.3 Å². The summed E-state index contributed by atoms with van der Waals surface area (Å²) >= 11 is 0. The fourth-order valence-electron chi connectivity index (χ4n) is 1.40. The minimum absolute atomic E-state index is 0.215. The van der Waals surface area contributed by atoms with Gasteiger partial charge in [0, 0.05) is 5.56 Å². The van der Waals surface area contributed by atoms with E-state index in [4.69, 9.17) is 0 Å². The molecule has 0 amide bonds. The van der Waals surface area contributed by atoms with Crippen molar-refractivity contribution in [3.63, 3.8) is 0 Å². The van der Waals surface area contributed by atoms with E-state index in [1.54, 1.807) is 0 Å². The predicted molar refractivity (Wildman–Crippen MR) is 52.9 cm³/mol. The molecule has 8 heteroatoms. The number of Topliss-reactive ketones (excluding diaryl/α,β-unsaturated/α-hetero) is 1. The van der Waals surface area contributed by atoms with Gasteiger partial charge in [-0.1, -0.05) is 0 Å². The van der Waals surface area contributed by atoms with E-state index in [1.165, 1.54) is 7.11 Å². The molecule has 0 aromatic heterocycles. The third-order valence-electron chi connectivity index (χ3n) is 2.29. The molecule has 106 valence electrons. The second-order valence-corrected chi connectivity index (χ2v) is 3.61. The molecule has 0 atom stereocenters. The maximum Gasteiger partial charge on any atom is 0.407 e. The Labute approximate surface area is 104 Å². The highest BCUT2D eigenvalue weighted by Gasteiger charge is 2.60. The zero-order chi connectivity index (χ0) is 14.8. The molecule has 0 aliphatic rings. The van der Waals surface area contributed by atoms with Gasteiger partial charge in [0.2, 0.25) is 5.92 Å². The Kier molecular flexibility index (Phi) is 4.12. The quantitative estimate of drug-likeness (QED) is 0.626. The minimum Gasteiger partial charge on any atom is -0.497 e. The van der Waals surface area contributed by atoms with E-state index in [9.17, 15) is 31.1 Å². The fraction of sp³-hybridized carbons (Fsp3) is 0.364. The summed E-state index contributed by atoms with van der Waals surface area (Å²) in [6.07, 6.45) is -11.4. The molecule has 1 aromatic rings. The molecule has 0 bridgehead atoms. The van der Waals surface area contributed by atoms with Crippen molar-refractivity contribution in [1.29, 1.82) is 0 Å². The Morgan fingerprint density at radius 1 is 1.00 bits per heavy atom. The molecule has 2 nitrogen and oxygen atoms in total. The van der Waals surface area contributed by atoms with Gasteiger partial charge in [0.1, 0.15) is 5.75 Å². The van der Waals surface area contributed by atoms with Gasteiger partial charge in [0.15, 0.2) is 5.78 Å². The van der Waals surface area contributed by atoms with Crippen LogP contribution < -0.4 is 4.74 Å². The highest BCUT2D eigenvalue weighted by molar-refractivity contribution is 5.98. The zero-order valence-electron chi connectivity index (χ0n) is 9.47. The second-order valence-electron chi connectivity index (χ2n) is 3.61. The molecule has 0 saturated carbocycles. The van der Waals surface area contributed by atoms with Crippen molar-refractivity contribution in [2.24, 2.45) is 5.92 Å². The maximum absolute atomic E-state index is 12.3. The van der Waals surface area contributed by atoms with Crippen LogP contribution in [0.5, 0.6) is 5.75 Å². The smallest absolute Gasteiger partial charge is 0.407 e. The summed E-state index contributed by atoms with van der Waals surface area (Å²) in [5, 5.41) is 0. The highest BCUT2D eigenvalue weighted by atomic mass is 19.4. The number of ketones is 1. The number of carbonyl (C=O) groups is 1. The number of benzene rings is 1. The van der Waals surface area contributed by atoms with E-state index in [1.807, 2.05) is 0 Å². The maximum atomic E-state index is 12.3. The van der Waals surface area contributed by atoms with Gasteiger partial charge < -0.3 is 4.74 Å². The first-order valence-corrected chi connectivity index (χ1v) is 4.89.